The van der Waals surface area contributed by atoms with E-state index in [4.69, 9.17) is 4.74 Å². The zero-order valence-corrected chi connectivity index (χ0v) is 10.4. The van der Waals surface area contributed by atoms with Crippen LogP contribution in [0, 0.1) is 5.92 Å². The van der Waals surface area contributed by atoms with Crippen LogP contribution in [0.2, 0.25) is 0 Å². The maximum atomic E-state index is 5.45. The molecule has 1 aromatic rings. The zero-order chi connectivity index (χ0) is 11.4. The first-order chi connectivity index (χ1) is 7.75. The van der Waals surface area contributed by atoms with Crippen molar-refractivity contribution in [1.82, 2.24) is 0 Å². The Labute approximate surface area is 98.8 Å². The predicted molar refractivity (Wildman–Crippen MR) is 67.8 cm³/mol. The molecule has 1 aliphatic heterocycles. The second kappa shape index (κ2) is 5.49. The summed E-state index contributed by atoms with van der Waals surface area (Å²) < 4.78 is 5.45. The van der Waals surface area contributed by atoms with Gasteiger partial charge in [0.05, 0.1) is 6.61 Å². The summed E-state index contributed by atoms with van der Waals surface area (Å²) in [5, 5.41) is 0. The number of aryl methyl sites for hydroxylation is 1. The summed E-state index contributed by atoms with van der Waals surface area (Å²) in [4.78, 5) is 0. The highest BCUT2D eigenvalue weighted by atomic mass is 16.5. The summed E-state index contributed by atoms with van der Waals surface area (Å²) in [5.41, 5.74) is 2.96. The van der Waals surface area contributed by atoms with E-state index in [0.717, 1.165) is 19.1 Å². The minimum Gasteiger partial charge on any atom is -0.381 e. The van der Waals surface area contributed by atoms with Crippen molar-refractivity contribution < 1.29 is 4.74 Å². The third-order valence-electron chi connectivity index (χ3n) is 3.36. The summed E-state index contributed by atoms with van der Waals surface area (Å²) in [5.74, 6) is 1.43. The van der Waals surface area contributed by atoms with Crippen LogP contribution in [0.25, 0.3) is 0 Å². The normalized spacial score (nSPS) is 20.6. The fourth-order valence-corrected chi connectivity index (χ4v) is 2.26. The highest BCUT2D eigenvalue weighted by Crippen LogP contribution is 2.26. The quantitative estimate of drug-likeness (QED) is 0.747. The van der Waals surface area contributed by atoms with Gasteiger partial charge in [0.1, 0.15) is 0 Å². The van der Waals surface area contributed by atoms with Gasteiger partial charge in [-0.1, -0.05) is 38.1 Å². The summed E-state index contributed by atoms with van der Waals surface area (Å²) in [7, 11) is 0. The molecule has 0 aromatic heterocycles. The van der Waals surface area contributed by atoms with Crippen LogP contribution in [-0.4, -0.2) is 13.2 Å². The fourth-order valence-electron chi connectivity index (χ4n) is 2.26. The second-order valence-corrected chi connectivity index (χ2v) is 5.24. The van der Waals surface area contributed by atoms with E-state index in [1.54, 1.807) is 0 Å². The third kappa shape index (κ3) is 3.08. The first kappa shape index (κ1) is 11.7. The van der Waals surface area contributed by atoms with E-state index in [-0.39, 0.29) is 0 Å². The number of hydrogen-bond donors (Lipinski definition) is 0. The summed E-state index contributed by atoms with van der Waals surface area (Å²) in [6, 6.07) is 9.07. The van der Waals surface area contributed by atoms with Crippen molar-refractivity contribution >= 4 is 0 Å². The Bertz CT molecular complexity index is 324. The molecule has 0 bridgehead atoms. The monoisotopic (exact) mass is 218 g/mol. The average Bonchev–Trinajstić information content (AvgIpc) is 2.80. The highest BCUT2D eigenvalue weighted by molar-refractivity contribution is 5.27. The topological polar surface area (TPSA) is 9.23 Å². The minimum absolute atomic E-state index is 0.638. The molecular weight excluding hydrogens is 196 g/mol. The van der Waals surface area contributed by atoms with Crippen molar-refractivity contribution in [3.63, 3.8) is 0 Å². The molecule has 1 heteroatoms. The molecular formula is C15H22O. The van der Waals surface area contributed by atoms with Gasteiger partial charge in [0.25, 0.3) is 0 Å². The van der Waals surface area contributed by atoms with Crippen LogP contribution >= 0.6 is 0 Å². The maximum absolute atomic E-state index is 5.45. The van der Waals surface area contributed by atoms with Gasteiger partial charge < -0.3 is 4.74 Å². The lowest BCUT2D eigenvalue weighted by molar-refractivity contribution is 0.194. The molecule has 1 saturated heterocycles. The van der Waals surface area contributed by atoms with E-state index in [2.05, 4.69) is 38.1 Å². The predicted octanol–water partition coefficient (Wildman–Crippen LogP) is 3.78. The van der Waals surface area contributed by atoms with Gasteiger partial charge in [-0.15, -0.1) is 0 Å². The lowest BCUT2D eigenvalue weighted by atomic mass is 9.94. The van der Waals surface area contributed by atoms with Crippen molar-refractivity contribution in [3.05, 3.63) is 35.4 Å². The molecule has 1 heterocycles. The standard InChI is InChI=1S/C15H22O/c1-12(2)6-7-13-4-3-5-14(10-13)15-8-9-16-11-15/h3-5,10,12,15H,6-9,11H2,1-2H3. The largest absolute Gasteiger partial charge is 0.381 e. The van der Waals surface area contributed by atoms with Crippen LogP contribution in [0.15, 0.2) is 24.3 Å². The molecule has 1 aliphatic rings. The van der Waals surface area contributed by atoms with Crippen molar-refractivity contribution in [2.45, 2.75) is 39.0 Å². The Hall–Kier alpha value is -0.820. The molecule has 1 atom stereocenters. The molecule has 0 spiro atoms. The highest BCUT2D eigenvalue weighted by Gasteiger charge is 2.17. The van der Waals surface area contributed by atoms with Crippen LogP contribution in [0.3, 0.4) is 0 Å². The number of benzene rings is 1. The number of hydrogen-bond acceptors (Lipinski definition) is 1. The molecule has 88 valence electrons. The lowest BCUT2D eigenvalue weighted by Crippen LogP contribution is -1.99. The van der Waals surface area contributed by atoms with Crippen molar-refractivity contribution in [2.75, 3.05) is 13.2 Å². The zero-order valence-electron chi connectivity index (χ0n) is 10.4. The van der Waals surface area contributed by atoms with E-state index >= 15 is 0 Å². The van der Waals surface area contributed by atoms with Gasteiger partial charge in [0.2, 0.25) is 0 Å². The third-order valence-corrected chi connectivity index (χ3v) is 3.36. The summed E-state index contributed by atoms with van der Waals surface area (Å²) >= 11 is 0. The van der Waals surface area contributed by atoms with Gasteiger partial charge in [-0.3, -0.25) is 0 Å². The maximum Gasteiger partial charge on any atom is 0.0535 e. The van der Waals surface area contributed by atoms with Crippen LogP contribution in [-0.2, 0) is 11.2 Å². The van der Waals surface area contributed by atoms with Crippen LogP contribution in [0.1, 0.15) is 43.7 Å². The smallest absolute Gasteiger partial charge is 0.0535 e. The van der Waals surface area contributed by atoms with Crippen molar-refractivity contribution in [1.29, 1.82) is 0 Å². The van der Waals surface area contributed by atoms with Gasteiger partial charge >= 0.3 is 0 Å². The Morgan fingerprint density at radius 2 is 2.25 bits per heavy atom. The van der Waals surface area contributed by atoms with Crippen LogP contribution < -0.4 is 0 Å². The summed E-state index contributed by atoms with van der Waals surface area (Å²) in [6.45, 7) is 6.41. The number of ether oxygens (including phenoxy) is 1. The Balaban J connectivity index is 2.01. The fraction of sp³-hybridized carbons (Fsp3) is 0.600. The molecule has 16 heavy (non-hydrogen) atoms. The lowest BCUT2D eigenvalue weighted by Gasteiger charge is -2.10. The SMILES string of the molecule is CC(C)CCc1cccc(C2CCOC2)c1. The molecule has 1 unspecified atom stereocenters. The Morgan fingerprint density at radius 3 is 2.94 bits per heavy atom. The van der Waals surface area contributed by atoms with E-state index < -0.39 is 0 Å². The van der Waals surface area contributed by atoms with E-state index in [1.165, 1.54) is 30.4 Å². The molecule has 1 aromatic carbocycles. The van der Waals surface area contributed by atoms with Gasteiger partial charge in [-0.25, -0.2) is 0 Å². The van der Waals surface area contributed by atoms with Crippen LogP contribution in [0.4, 0.5) is 0 Å². The molecule has 1 fully saturated rings. The van der Waals surface area contributed by atoms with Crippen molar-refractivity contribution in [2.24, 2.45) is 5.92 Å². The number of rotatable bonds is 4. The average molecular weight is 218 g/mol. The molecule has 0 N–H and O–H groups in total. The first-order valence-electron chi connectivity index (χ1n) is 6.42. The van der Waals surface area contributed by atoms with Gasteiger partial charge in [-0.2, -0.15) is 0 Å². The Kier molecular flexibility index (Phi) is 4.00. The molecule has 0 saturated carbocycles. The van der Waals surface area contributed by atoms with E-state index in [1.807, 2.05) is 0 Å². The first-order valence-corrected chi connectivity index (χ1v) is 6.42. The minimum atomic E-state index is 0.638. The molecule has 0 amide bonds. The molecule has 1 nitrogen and oxygen atoms in total. The van der Waals surface area contributed by atoms with E-state index in [9.17, 15) is 0 Å². The summed E-state index contributed by atoms with van der Waals surface area (Å²) in [6.07, 6.45) is 3.68. The van der Waals surface area contributed by atoms with E-state index in [0.29, 0.717) is 5.92 Å². The molecule has 0 radical (unpaired) electrons. The molecule has 0 aliphatic carbocycles. The van der Waals surface area contributed by atoms with Crippen molar-refractivity contribution in [3.8, 4) is 0 Å². The molecule has 2 rings (SSSR count). The van der Waals surface area contributed by atoms with Gasteiger partial charge in [0, 0.05) is 12.5 Å². The Morgan fingerprint density at radius 1 is 1.38 bits per heavy atom. The van der Waals surface area contributed by atoms with Gasteiger partial charge in [0.15, 0.2) is 0 Å². The van der Waals surface area contributed by atoms with Gasteiger partial charge in [-0.05, 0) is 36.3 Å². The van der Waals surface area contributed by atoms with Crippen LogP contribution in [0.5, 0.6) is 0 Å². The second-order valence-electron chi connectivity index (χ2n) is 5.24.